The third-order valence-electron chi connectivity index (χ3n) is 6.35. The molecule has 1 saturated carbocycles. The smallest absolute Gasteiger partial charge is 0.242 e. The molecule has 1 heterocycles. The summed E-state index contributed by atoms with van der Waals surface area (Å²) in [6.45, 7) is 4.48. The standard InChI is InChI=1S/C21H32N4O3S/c1-14-7-6-8-17(15(14)2)23-21(26)12-11-20-22-18-13-16(29(27,28)24(3)4)9-10-19(18)25(20)5/h9-10,13-15,17H,6-8,11-12H2,1-5H3,(H,23,26)/t14-,15-,17-/m1/s1. The second kappa shape index (κ2) is 8.44. The zero-order valence-electron chi connectivity index (χ0n) is 18.0. The van der Waals surface area contributed by atoms with Gasteiger partial charge < -0.3 is 9.88 Å². The number of nitrogens with zero attached hydrogens (tertiary/aromatic N) is 3. The minimum absolute atomic E-state index is 0.0545. The molecule has 0 spiro atoms. The number of carbonyl (C=O) groups is 1. The predicted octanol–water partition coefficient (Wildman–Crippen LogP) is 2.70. The van der Waals surface area contributed by atoms with Gasteiger partial charge in [0.15, 0.2) is 0 Å². The molecule has 1 N–H and O–H groups in total. The molecule has 1 aliphatic rings. The van der Waals surface area contributed by atoms with E-state index in [-0.39, 0.29) is 16.8 Å². The number of nitrogens with one attached hydrogen (secondary N) is 1. The van der Waals surface area contributed by atoms with Gasteiger partial charge in [-0.3, -0.25) is 4.79 Å². The number of aryl methyl sites for hydroxylation is 2. The first-order chi connectivity index (χ1) is 13.6. The van der Waals surface area contributed by atoms with Crippen LogP contribution in [0.3, 0.4) is 0 Å². The molecule has 2 aromatic rings. The highest BCUT2D eigenvalue weighted by Gasteiger charge is 2.28. The number of aromatic nitrogens is 2. The fourth-order valence-electron chi connectivity index (χ4n) is 4.11. The highest BCUT2D eigenvalue weighted by molar-refractivity contribution is 7.89. The molecular weight excluding hydrogens is 388 g/mol. The van der Waals surface area contributed by atoms with Crippen LogP contribution in [-0.4, -0.2) is 48.3 Å². The van der Waals surface area contributed by atoms with Gasteiger partial charge in [0.05, 0.1) is 15.9 Å². The molecule has 160 valence electrons. The Morgan fingerprint density at radius 2 is 2.00 bits per heavy atom. The van der Waals surface area contributed by atoms with E-state index in [1.165, 1.54) is 31.2 Å². The lowest BCUT2D eigenvalue weighted by Crippen LogP contribution is -2.43. The van der Waals surface area contributed by atoms with E-state index in [1.54, 1.807) is 18.2 Å². The summed E-state index contributed by atoms with van der Waals surface area (Å²) in [6, 6.07) is 5.22. The highest BCUT2D eigenvalue weighted by atomic mass is 32.2. The van der Waals surface area contributed by atoms with Crippen molar-refractivity contribution in [1.82, 2.24) is 19.2 Å². The summed E-state index contributed by atoms with van der Waals surface area (Å²) in [5, 5.41) is 3.20. The lowest BCUT2D eigenvalue weighted by atomic mass is 9.78. The molecule has 0 unspecified atom stereocenters. The van der Waals surface area contributed by atoms with E-state index in [1.807, 2.05) is 11.6 Å². The van der Waals surface area contributed by atoms with Gasteiger partial charge in [0.25, 0.3) is 0 Å². The average Bonchev–Trinajstić information content (AvgIpc) is 2.99. The Morgan fingerprint density at radius 3 is 2.69 bits per heavy atom. The topological polar surface area (TPSA) is 84.3 Å². The minimum Gasteiger partial charge on any atom is -0.353 e. The van der Waals surface area contributed by atoms with Gasteiger partial charge in [-0.1, -0.05) is 26.7 Å². The number of imidazole rings is 1. The van der Waals surface area contributed by atoms with E-state index < -0.39 is 10.0 Å². The van der Waals surface area contributed by atoms with Crippen molar-refractivity contribution >= 4 is 27.0 Å². The van der Waals surface area contributed by atoms with Crippen molar-refractivity contribution in [2.24, 2.45) is 18.9 Å². The first-order valence-electron chi connectivity index (χ1n) is 10.3. The summed E-state index contributed by atoms with van der Waals surface area (Å²) in [5.41, 5.74) is 1.48. The minimum atomic E-state index is -3.50. The lowest BCUT2D eigenvalue weighted by Gasteiger charge is -2.34. The van der Waals surface area contributed by atoms with Crippen LogP contribution < -0.4 is 5.32 Å². The van der Waals surface area contributed by atoms with Crippen LogP contribution in [0.4, 0.5) is 0 Å². The molecule has 0 bridgehead atoms. The maximum absolute atomic E-state index is 12.5. The van der Waals surface area contributed by atoms with Crippen LogP contribution in [0.25, 0.3) is 11.0 Å². The Kier molecular flexibility index (Phi) is 6.33. The number of sulfonamides is 1. The van der Waals surface area contributed by atoms with Crippen LogP contribution in [0.2, 0.25) is 0 Å². The van der Waals surface area contributed by atoms with Crippen molar-refractivity contribution in [2.45, 2.75) is 56.9 Å². The fraction of sp³-hybridized carbons (Fsp3) is 0.619. The van der Waals surface area contributed by atoms with Crippen LogP contribution in [0, 0.1) is 11.8 Å². The molecule has 3 rings (SSSR count). The van der Waals surface area contributed by atoms with Gasteiger partial charge in [-0.15, -0.1) is 0 Å². The number of benzene rings is 1. The van der Waals surface area contributed by atoms with Gasteiger partial charge >= 0.3 is 0 Å². The summed E-state index contributed by atoms with van der Waals surface area (Å²) in [6.07, 6.45) is 4.34. The second-order valence-electron chi connectivity index (χ2n) is 8.47. The van der Waals surface area contributed by atoms with E-state index in [0.29, 0.717) is 30.2 Å². The maximum Gasteiger partial charge on any atom is 0.242 e. The number of hydrogen-bond acceptors (Lipinski definition) is 4. The van der Waals surface area contributed by atoms with Gasteiger partial charge in [-0.05, 0) is 36.5 Å². The monoisotopic (exact) mass is 420 g/mol. The van der Waals surface area contributed by atoms with Crippen LogP contribution >= 0.6 is 0 Å². The zero-order chi connectivity index (χ0) is 21.3. The molecule has 1 aromatic heterocycles. The summed E-state index contributed by atoms with van der Waals surface area (Å²) in [4.78, 5) is 17.3. The van der Waals surface area contributed by atoms with Gasteiger partial charge in [0, 0.05) is 40.0 Å². The third-order valence-corrected chi connectivity index (χ3v) is 8.16. The summed E-state index contributed by atoms with van der Waals surface area (Å²) in [5.74, 6) is 1.97. The molecule has 1 amide bonds. The summed E-state index contributed by atoms with van der Waals surface area (Å²) in [7, 11) is 1.41. The van der Waals surface area contributed by atoms with Crippen molar-refractivity contribution in [3.8, 4) is 0 Å². The van der Waals surface area contributed by atoms with Crippen molar-refractivity contribution in [1.29, 1.82) is 0 Å². The first kappa shape index (κ1) is 21.8. The fourth-order valence-corrected chi connectivity index (χ4v) is 5.04. The normalized spacial score (nSPS) is 22.9. The number of amides is 1. The second-order valence-corrected chi connectivity index (χ2v) is 10.6. The number of carbonyl (C=O) groups excluding carboxylic acids is 1. The third kappa shape index (κ3) is 4.48. The summed E-state index contributed by atoms with van der Waals surface area (Å²) < 4.78 is 27.8. The van der Waals surface area contributed by atoms with Crippen molar-refractivity contribution < 1.29 is 13.2 Å². The van der Waals surface area contributed by atoms with Gasteiger partial charge in [0.1, 0.15) is 5.82 Å². The van der Waals surface area contributed by atoms with E-state index in [9.17, 15) is 13.2 Å². The molecule has 29 heavy (non-hydrogen) atoms. The average molecular weight is 421 g/mol. The molecular formula is C21H32N4O3S. The first-order valence-corrected chi connectivity index (χ1v) is 11.7. The van der Waals surface area contributed by atoms with E-state index >= 15 is 0 Å². The lowest BCUT2D eigenvalue weighted by molar-refractivity contribution is -0.122. The van der Waals surface area contributed by atoms with Crippen molar-refractivity contribution in [3.05, 3.63) is 24.0 Å². The molecule has 0 aliphatic heterocycles. The van der Waals surface area contributed by atoms with Crippen molar-refractivity contribution in [2.75, 3.05) is 14.1 Å². The van der Waals surface area contributed by atoms with Gasteiger partial charge in [0.2, 0.25) is 15.9 Å². The molecule has 0 radical (unpaired) electrons. The number of rotatable bonds is 6. The number of fused-ring (bicyclic) bond motifs is 1. The number of hydrogen-bond donors (Lipinski definition) is 1. The predicted molar refractivity (Wildman–Crippen MR) is 114 cm³/mol. The molecule has 1 aromatic carbocycles. The molecule has 1 fully saturated rings. The van der Waals surface area contributed by atoms with E-state index in [4.69, 9.17) is 0 Å². The summed E-state index contributed by atoms with van der Waals surface area (Å²) >= 11 is 0. The molecule has 0 saturated heterocycles. The highest BCUT2D eigenvalue weighted by Crippen LogP contribution is 2.29. The molecule has 8 heteroatoms. The Balaban J connectivity index is 1.70. The maximum atomic E-state index is 12.5. The Morgan fingerprint density at radius 1 is 1.28 bits per heavy atom. The zero-order valence-corrected chi connectivity index (χ0v) is 18.8. The van der Waals surface area contributed by atoms with Crippen molar-refractivity contribution in [3.63, 3.8) is 0 Å². The van der Waals surface area contributed by atoms with Crippen LogP contribution in [0.15, 0.2) is 23.1 Å². The molecule has 7 nitrogen and oxygen atoms in total. The van der Waals surface area contributed by atoms with Crippen LogP contribution in [0.5, 0.6) is 0 Å². The van der Waals surface area contributed by atoms with Crippen LogP contribution in [0.1, 0.15) is 45.4 Å². The Hall–Kier alpha value is -1.93. The molecule has 1 aliphatic carbocycles. The Bertz CT molecular complexity index is 997. The molecule has 3 atom stereocenters. The van der Waals surface area contributed by atoms with E-state index in [2.05, 4.69) is 24.1 Å². The Labute approximate surface area is 173 Å². The van der Waals surface area contributed by atoms with E-state index in [0.717, 1.165) is 17.8 Å². The van der Waals surface area contributed by atoms with Crippen LogP contribution in [-0.2, 0) is 28.3 Å². The quantitative estimate of drug-likeness (QED) is 0.779. The van der Waals surface area contributed by atoms with Gasteiger partial charge in [-0.25, -0.2) is 17.7 Å². The largest absolute Gasteiger partial charge is 0.353 e. The SMILES string of the molecule is C[C@@H]1[C@H](C)CCC[C@H]1NC(=O)CCc1nc2cc(S(=O)(=O)N(C)C)ccc2n1C. The van der Waals surface area contributed by atoms with Gasteiger partial charge in [-0.2, -0.15) is 0 Å².